The highest BCUT2D eigenvalue weighted by Crippen LogP contribution is 2.52. The first kappa shape index (κ1) is 18.7. The standard InChI is InChI=1S/C22H32NO/c1-5-9-16-23(17-10-6-2)18-11-15-22(8-4)19(12-7-3)20(24)13-14-21(22)23/h4-7,9-10,19,21H,3,11-18H2,1-2H3/q+1/t19?,21-,22?,23?/m1/s1. The number of terminal acetylenes is 1. The van der Waals surface area contributed by atoms with E-state index in [-0.39, 0.29) is 11.3 Å². The van der Waals surface area contributed by atoms with Gasteiger partial charge in [-0.05, 0) is 45.3 Å². The lowest BCUT2D eigenvalue weighted by Gasteiger charge is -2.58. The molecule has 24 heavy (non-hydrogen) atoms. The van der Waals surface area contributed by atoms with Gasteiger partial charge in [-0.3, -0.25) is 4.79 Å². The average molecular weight is 327 g/mol. The molecule has 0 radical (unpaired) electrons. The van der Waals surface area contributed by atoms with Crippen molar-refractivity contribution in [2.45, 2.75) is 52.0 Å². The van der Waals surface area contributed by atoms with E-state index in [1.165, 1.54) is 0 Å². The van der Waals surface area contributed by atoms with Gasteiger partial charge in [0.1, 0.15) is 11.8 Å². The van der Waals surface area contributed by atoms with Gasteiger partial charge in [-0.15, -0.1) is 13.0 Å². The van der Waals surface area contributed by atoms with Gasteiger partial charge in [0.05, 0.1) is 25.0 Å². The maximum Gasteiger partial charge on any atom is 0.138 e. The van der Waals surface area contributed by atoms with Crippen LogP contribution in [0.3, 0.4) is 0 Å². The minimum Gasteiger partial charge on any atom is -0.313 e. The second kappa shape index (κ2) is 7.99. The fraction of sp³-hybridized carbons (Fsp3) is 0.591. The molecule has 1 heterocycles. The summed E-state index contributed by atoms with van der Waals surface area (Å²) in [7, 11) is 0. The topological polar surface area (TPSA) is 17.1 Å². The van der Waals surface area contributed by atoms with Crippen molar-refractivity contribution in [3.63, 3.8) is 0 Å². The van der Waals surface area contributed by atoms with Crippen LogP contribution in [0.1, 0.15) is 46.0 Å². The second-order valence-electron chi connectivity index (χ2n) is 7.33. The fourth-order valence-electron chi connectivity index (χ4n) is 5.10. The predicted octanol–water partition coefficient (Wildman–Crippen LogP) is 4.29. The van der Waals surface area contributed by atoms with Crippen LogP contribution in [0.2, 0.25) is 0 Å². The third-order valence-corrected chi connectivity index (χ3v) is 6.20. The van der Waals surface area contributed by atoms with Crippen molar-refractivity contribution >= 4 is 5.78 Å². The highest BCUT2D eigenvalue weighted by molar-refractivity contribution is 5.83. The van der Waals surface area contributed by atoms with Crippen LogP contribution in [-0.4, -0.2) is 35.9 Å². The van der Waals surface area contributed by atoms with Crippen LogP contribution in [0.4, 0.5) is 0 Å². The highest BCUT2D eigenvalue weighted by atomic mass is 16.1. The molecule has 0 N–H and O–H groups in total. The fourth-order valence-corrected chi connectivity index (χ4v) is 5.10. The molecule has 0 aromatic carbocycles. The Hall–Kier alpha value is -1.59. The molecule has 0 spiro atoms. The van der Waals surface area contributed by atoms with Crippen molar-refractivity contribution < 1.29 is 9.28 Å². The molecule has 3 atom stereocenters. The molecule has 1 aliphatic carbocycles. The van der Waals surface area contributed by atoms with Crippen LogP contribution < -0.4 is 0 Å². The van der Waals surface area contributed by atoms with Crippen molar-refractivity contribution in [1.29, 1.82) is 0 Å². The Balaban J connectivity index is 2.50. The number of ketones is 1. The predicted molar refractivity (Wildman–Crippen MR) is 101 cm³/mol. The Labute approximate surface area is 147 Å². The molecule has 1 aliphatic heterocycles. The van der Waals surface area contributed by atoms with Crippen molar-refractivity contribution in [2.75, 3.05) is 19.6 Å². The summed E-state index contributed by atoms with van der Waals surface area (Å²) in [5.74, 6) is 3.46. The first-order valence-electron chi connectivity index (χ1n) is 9.29. The first-order chi connectivity index (χ1) is 11.6. The SMILES string of the molecule is C#CC12CCC[N+](CC=CC)(CC=CC)[C@@H]1CCC(=O)C2CC=C. The summed E-state index contributed by atoms with van der Waals surface area (Å²) in [6.07, 6.45) is 21.2. The number of carbonyl (C=O) groups is 1. The summed E-state index contributed by atoms with van der Waals surface area (Å²) in [6, 6.07) is 0.367. The van der Waals surface area contributed by atoms with E-state index < -0.39 is 0 Å². The van der Waals surface area contributed by atoms with E-state index in [4.69, 9.17) is 6.42 Å². The van der Waals surface area contributed by atoms with Gasteiger partial charge < -0.3 is 4.48 Å². The summed E-state index contributed by atoms with van der Waals surface area (Å²) in [4.78, 5) is 12.7. The molecule has 0 aromatic rings. The summed E-state index contributed by atoms with van der Waals surface area (Å²) >= 11 is 0. The Bertz CT molecular complexity index is 551. The third kappa shape index (κ3) is 3.15. The van der Waals surface area contributed by atoms with Crippen molar-refractivity contribution in [3.8, 4) is 12.3 Å². The van der Waals surface area contributed by atoms with Crippen LogP contribution in [0.5, 0.6) is 0 Å². The van der Waals surface area contributed by atoms with Gasteiger partial charge in [0.2, 0.25) is 0 Å². The first-order valence-corrected chi connectivity index (χ1v) is 9.29. The molecule has 2 heteroatoms. The van der Waals surface area contributed by atoms with Gasteiger partial charge in [0.25, 0.3) is 0 Å². The van der Waals surface area contributed by atoms with E-state index in [1.807, 2.05) is 6.08 Å². The number of carbonyl (C=O) groups excluding carboxylic acids is 1. The summed E-state index contributed by atoms with van der Waals surface area (Å²) in [5.41, 5.74) is -0.301. The van der Waals surface area contributed by atoms with Crippen LogP contribution in [0.15, 0.2) is 37.0 Å². The molecule has 2 rings (SSSR count). The number of piperidine rings is 1. The minimum absolute atomic E-state index is 0.0484. The zero-order valence-corrected chi connectivity index (χ0v) is 15.3. The van der Waals surface area contributed by atoms with E-state index in [0.29, 0.717) is 24.7 Å². The summed E-state index contributed by atoms with van der Waals surface area (Å²) in [5, 5.41) is 0. The summed E-state index contributed by atoms with van der Waals surface area (Å²) < 4.78 is 1.000. The second-order valence-corrected chi connectivity index (χ2v) is 7.33. The zero-order chi connectivity index (χ0) is 17.6. The van der Waals surface area contributed by atoms with E-state index in [2.05, 4.69) is 50.7 Å². The number of Topliss-reactive ketones (excluding diaryl/α,β-unsaturated/α-hetero) is 1. The molecule has 2 fully saturated rings. The number of likely N-dealkylation sites (tertiary alicyclic amines) is 1. The monoisotopic (exact) mass is 326 g/mol. The van der Waals surface area contributed by atoms with Crippen LogP contribution >= 0.6 is 0 Å². The van der Waals surface area contributed by atoms with Gasteiger partial charge in [0.15, 0.2) is 0 Å². The van der Waals surface area contributed by atoms with Gasteiger partial charge in [-0.25, -0.2) is 0 Å². The Kier molecular flexibility index (Phi) is 6.24. The average Bonchev–Trinajstić information content (AvgIpc) is 2.60. The lowest BCUT2D eigenvalue weighted by Crippen LogP contribution is -2.68. The lowest BCUT2D eigenvalue weighted by molar-refractivity contribution is -0.953. The molecular formula is C22H32NO+. The molecular weight excluding hydrogens is 294 g/mol. The molecule has 1 saturated carbocycles. The van der Waals surface area contributed by atoms with Gasteiger partial charge in [0, 0.05) is 18.8 Å². The normalized spacial score (nSPS) is 36.6. The maximum absolute atomic E-state index is 12.7. The lowest BCUT2D eigenvalue weighted by atomic mass is 9.57. The van der Waals surface area contributed by atoms with Crippen molar-refractivity contribution in [3.05, 3.63) is 37.0 Å². The van der Waals surface area contributed by atoms with E-state index in [9.17, 15) is 4.79 Å². The molecule has 0 bridgehead atoms. The molecule has 0 aromatic heterocycles. The Morgan fingerprint density at radius 1 is 1.33 bits per heavy atom. The molecule has 130 valence electrons. The van der Waals surface area contributed by atoms with E-state index >= 15 is 0 Å². The summed E-state index contributed by atoms with van der Waals surface area (Å²) in [6.45, 7) is 11.2. The van der Waals surface area contributed by atoms with Gasteiger partial charge in [-0.1, -0.05) is 24.1 Å². The maximum atomic E-state index is 12.7. The molecule has 1 saturated heterocycles. The quantitative estimate of drug-likeness (QED) is 0.404. The largest absolute Gasteiger partial charge is 0.313 e. The molecule has 2 unspecified atom stereocenters. The number of hydrogen-bond acceptors (Lipinski definition) is 1. The third-order valence-electron chi connectivity index (χ3n) is 6.20. The number of fused-ring (bicyclic) bond motifs is 1. The smallest absolute Gasteiger partial charge is 0.138 e. The minimum atomic E-state index is -0.301. The van der Waals surface area contributed by atoms with Crippen LogP contribution in [0, 0.1) is 23.7 Å². The van der Waals surface area contributed by atoms with Crippen LogP contribution in [0.25, 0.3) is 0 Å². The number of nitrogens with zero attached hydrogens (tertiary/aromatic N) is 1. The van der Waals surface area contributed by atoms with Gasteiger partial charge >= 0.3 is 0 Å². The Morgan fingerprint density at radius 3 is 2.54 bits per heavy atom. The van der Waals surface area contributed by atoms with Crippen molar-refractivity contribution in [1.82, 2.24) is 0 Å². The van der Waals surface area contributed by atoms with Crippen molar-refractivity contribution in [2.24, 2.45) is 11.3 Å². The van der Waals surface area contributed by atoms with E-state index in [1.54, 1.807) is 0 Å². The van der Waals surface area contributed by atoms with E-state index in [0.717, 1.165) is 43.4 Å². The molecule has 2 nitrogen and oxygen atoms in total. The number of allylic oxidation sites excluding steroid dienone is 3. The number of rotatable bonds is 6. The highest BCUT2D eigenvalue weighted by Gasteiger charge is 2.59. The molecule has 2 aliphatic rings. The molecule has 0 amide bonds. The zero-order valence-electron chi connectivity index (χ0n) is 15.3. The van der Waals surface area contributed by atoms with Gasteiger partial charge in [-0.2, -0.15) is 0 Å². The Morgan fingerprint density at radius 2 is 2.00 bits per heavy atom. The number of quaternary nitrogens is 1. The van der Waals surface area contributed by atoms with Crippen LogP contribution in [-0.2, 0) is 4.79 Å². The number of hydrogen-bond donors (Lipinski definition) is 0.